The molecule has 0 amide bonds. The first-order chi connectivity index (χ1) is 20.8. The molecule has 4 rings (SSSR count). The Bertz CT molecular complexity index is 1320. The number of halogens is 5. The second-order valence-electron chi connectivity index (χ2n) is 12.2. The van der Waals surface area contributed by atoms with E-state index in [9.17, 15) is 18.0 Å². The molecule has 0 saturated carbocycles. The maximum atomic E-state index is 15.8. The van der Waals surface area contributed by atoms with Crippen LogP contribution in [0, 0.1) is 11.6 Å². The van der Waals surface area contributed by atoms with E-state index < -0.39 is 55.1 Å². The van der Waals surface area contributed by atoms with Crippen molar-refractivity contribution < 1.29 is 46.1 Å². The largest absolute Gasteiger partial charge is 0.493 e. The smallest absolute Gasteiger partial charge is 0.329 e. The van der Waals surface area contributed by atoms with E-state index in [1.807, 2.05) is 36.1 Å². The molecule has 0 fully saturated rings. The molecule has 0 aromatic heterocycles. The van der Waals surface area contributed by atoms with Crippen molar-refractivity contribution in [3.8, 4) is 5.75 Å². The summed E-state index contributed by atoms with van der Waals surface area (Å²) in [6.07, 6.45) is 2.73. The zero-order chi connectivity index (χ0) is 32.1. The Labute approximate surface area is 254 Å². The molecule has 0 spiro atoms. The highest BCUT2D eigenvalue weighted by atomic mass is 19.3. The van der Waals surface area contributed by atoms with Gasteiger partial charge in [0.2, 0.25) is 0 Å². The van der Waals surface area contributed by atoms with Gasteiger partial charge in [-0.15, -0.1) is 0 Å². The number of hydrogen-bond donors (Lipinski definition) is 1. The lowest BCUT2D eigenvalue weighted by Gasteiger charge is -2.44. The van der Waals surface area contributed by atoms with E-state index in [0.29, 0.717) is 32.1 Å². The fraction of sp³-hybridized carbons (Fsp3) is 0.545. The van der Waals surface area contributed by atoms with Crippen molar-refractivity contribution >= 4 is 11.5 Å². The number of hydrogen-bond acceptors (Lipinski definition) is 5. The summed E-state index contributed by atoms with van der Waals surface area (Å²) < 4.78 is 88.7. The van der Waals surface area contributed by atoms with Crippen LogP contribution in [0.25, 0.3) is 5.57 Å². The van der Waals surface area contributed by atoms with Crippen molar-refractivity contribution in [2.75, 3.05) is 39.6 Å². The van der Waals surface area contributed by atoms with Crippen molar-refractivity contribution in [1.29, 1.82) is 0 Å². The molecule has 2 aliphatic rings. The molecule has 2 aromatic rings. The molecule has 242 valence electrons. The van der Waals surface area contributed by atoms with E-state index >= 15 is 8.78 Å². The van der Waals surface area contributed by atoms with Crippen LogP contribution in [0.15, 0.2) is 42.0 Å². The summed E-state index contributed by atoms with van der Waals surface area (Å²) in [5.41, 5.74) is 2.46. The highest BCUT2D eigenvalue weighted by Gasteiger charge is 2.43. The Balaban J connectivity index is 1.35. The minimum absolute atomic E-state index is 0.0168. The van der Waals surface area contributed by atoms with E-state index in [1.165, 1.54) is 13.8 Å². The fourth-order valence-corrected chi connectivity index (χ4v) is 5.97. The first-order valence-corrected chi connectivity index (χ1v) is 14.9. The van der Waals surface area contributed by atoms with Crippen LogP contribution in [0.4, 0.5) is 22.0 Å². The van der Waals surface area contributed by atoms with Gasteiger partial charge in [0.25, 0.3) is 5.92 Å². The SMILES string of the molecule is C[C@@H]1CC2=C(Cc3ccccc32)[C@@H](c2c(F)cc(OCCCCCOCC(F)(F)COCC(=O)O)cc2F)N1CC(C)(C)F. The van der Waals surface area contributed by atoms with Crippen molar-refractivity contribution in [3.05, 3.63) is 70.3 Å². The van der Waals surface area contributed by atoms with E-state index in [-0.39, 0.29) is 37.1 Å². The first kappa shape index (κ1) is 33.9. The van der Waals surface area contributed by atoms with Gasteiger partial charge in [0.1, 0.15) is 42.9 Å². The monoisotopic (exact) mass is 625 g/mol. The minimum atomic E-state index is -3.30. The number of fused-ring (bicyclic) bond motifs is 2. The Morgan fingerprint density at radius 2 is 1.66 bits per heavy atom. The average molecular weight is 626 g/mol. The van der Waals surface area contributed by atoms with E-state index in [2.05, 4.69) is 4.74 Å². The highest BCUT2D eigenvalue weighted by molar-refractivity contribution is 5.79. The summed E-state index contributed by atoms with van der Waals surface area (Å²) in [6.45, 7) is 2.38. The highest BCUT2D eigenvalue weighted by Crippen LogP contribution is 2.50. The molecule has 1 aliphatic heterocycles. The second-order valence-corrected chi connectivity index (χ2v) is 12.2. The third-order valence-electron chi connectivity index (χ3n) is 7.78. The van der Waals surface area contributed by atoms with Crippen molar-refractivity contribution in [2.24, 2.45) is 0 Å². The number of rotatable bonds is 16. The number of nitrogens with zero attached hydrogens (tertiary/aromatic N) is 1. The van der Waals surface area contributed by atoms with Gasteiger partial charge >= 0.3 is 5.97 Å². The number of benzene rings is 2. The Kier molecular flexibility index (Phi) is 11.1. The van der Waals surface area contributed by atoms with Crippen LogP contribution >= 0.6 is 0 Å². The van der Waals surface area contributed by atoms with Crippen LogP contribution in [-0.2, 0) is 20.7 Å². The summed E-state index contributed by atoms with van der Waals surface area (Å²) in [4.78, 5) is 12.2. The molecular weight excluding hydrogens is 585 g/mol. The Morgan fingerprint density at radius 1 is 1.00 bits per heavy atom. The summed E-state index contributed by atoms with van der Waals surface area (Å²) in [7, 11) is 0. The summed E-state index contributed by atoms with van der Waals surface area (Å²) >= 11 is 0. The topological polar surface area (TPSA) is 68.2 Å². The van der Waals surface area contributed by atoms with E-state index in [4.69, 9.17) is 14.6 Å². The van der Waals surface area contributed by atoms with Gasteiger partial charge in [-0.1, -0.05) is 24.3 Å². The molecular formula is C33H40F5NO5. The quantitative estimate of drug-likeness (QED) is 0.158. The molecule has 0 radical (unpaired) electrons. The molecule has 11 heteroatoms. The molecule has 0 bridgehead atoms. The molecule has 1 heterocycles. The third kappa shape index (κ3) is 8.79. The predicted molar refractivity (Wildman–Crippen MR) is 156 cm³/mol. The van der Waals surface area contributed by atoms with Crippen molar-refractivity contribution in [2.45, 2.75) is 76.6 Å². The first-order valence-electron chi connectivity index (χ1n) is 14.9. The van der Waals surface area contributed by atoms with Crippen LogP contribution in [0.2, 0.25) is 0 Å². The number of carboxylic acids is 1. The zero-order valence-corrected chi connectivity index (χ0v) is 25.3. The lowest BCUT2D eigenvalue weighted by molar-refractivity contribution is -0.152. The lowest BCUT2D eigenvalue weighted by Crippen LogP contribution is -2.47. The lowest BCUT2D eigenvalue weighted by atomic mass is 9.84. The van der Waals surface area contributed by atoms with Crippen LogP contribution in [0.1, 0.15) is 69.2 Å². The Morgan fingerprint density at radius 3 is 2.34 bits per heavy atom. The second kappa shape index (κ2) is 14.4. The average Bonchev–Trinajstić information content (AvgIpc) is 3.28. The number of carbonyl (C=O) groups is 1. The zero-order valence-electron chi connectivity index (χ0n) is 25.3. The maximum absolute atomic E-state index is 15.8. The number of carboxylic acid groups (broad SMARTS) is 1. The van der Waals surface area contributed by atoms with E-state index in [0.717, 1.165) is 34.4 Å². The Hall–Kier alpha value is -3.02. The number of unbranched alkanes of at least 4 members (excludes halogenated alkanes) is 2. The fourth-order valence-electron chi connectivity index (χ4n) is 5.97. The molecule has 6 nitrogen and oxygen atoms in total. The number of alkyl halides is 3. The summed E-state index contributed by atoms with van der Waals surface area (Å²) in [5.74, 6) is -6.12. The number of aliphatic carboxylic acids is 1. The molecule has 1 N–H and O–H groups in total. The summed E-state index contributed by atoms with van der Waals surface area (Å²) in [5, 5.41) is 8.44. The molecule has 0 saturated heterocycles. The molecule has 0 unspecified atom stereocenters. The van der Waals surface area contributed by atoms with Gasteiger partial charge in [-0.05, 0) is 75.1 Å². The van der Waals surface area contributed by atoms with Gasteiger partial charge in [-0.3, -0.25) is 4.90 Å². The molecule has 44 heavy (non-hydrogen) atoms. The van der Waals surface area contributed by atoms with Crippen LogP contribution < -0.4 is 4.74 Å². The van der Waals surface area contributed by atoms with E-state index in [1.54, 1.807) is 0 Å². The minimum Gasteiger partial charge on any atom is -0.493 e. The van der Waals surface area contributed by atoms with Crippen LogP contribution in [0.5, 0.6) is 5.75 Å². The maximum Gasteiger partial charge on any atom is 0.329 e. The van der Waals surface area contributed by atoms with Gasteiger partial charge in [0, 0.05) is 36.9 Å². The van der Waals surface area contributed by atoms with Crippen LogP contribution in [0.3, 0.4) is 0 Å². The van der Waals surface area contributed by atoms with Gasteiger partial charge in [-0.25, -0.2) is 26.7 Å². The van der Waals surface area contributed by atoms with Gasteiger partial charge in [0.05, 0.1) is 12.6 Å². The molecule has 2 aromatic carbocycles. The van der Waals surface area contributed by atoms with Gasteiger partial charge in [-0.2, -0.15) is 0 Å². The molecule has 2 atom stereocenters. The van der Waals surface area contributed by atoms with Crippen molar-refractivity contribution in [1.82, 2.24) is 4.90 Å². The van der Waals surface area contributed by atoms with Gasteiger partial charge < -0.3 is 19.3 Å². The van der Waals surface area contributed by atoms with Crippen LogP contribution in [-0.4, -0.2) is 73.2 Å². The molecule has 1 aliphatic carbocycles. The predicted octanol–water partition coefficient (Wildman–Crippen LogP) is 7.16. The van der Waals surface area contributed by atoms with Crippen molar-refractivity contribution in [3.63, 3.8) is 0 Å². The van der Waals surface area contributed by atoms with Gasteiger partial charge in [0.15, 0.2) is 0 Å². The number of ether oxygens (including phenoxy) is 3. The standard InChI is InChI=1S/C33H40F5NO5/c1-21-13-25-24-10-6-5-9-22(24)14-26(25)31(39(21)18-32(2,3)36)30-27(34)15-23(16-28(30)35)44-12-8-4-7-11-42-19-33(37,38)20-43-17-29(40)41/h5-6,9-10,15-16,21,31H,4,7-8,11-14,17-20H2,1-3H3,(H,40,41)/t21-,31+/m1/s1. The third-order valence-corrected chi connectivity index (χ3v) is 7.78. The normalized spacial score (nSPS) is 18.8. The summed E-state index contributed by atoms with van der Waals surface area (Å²) in [6, 6.07) is 9.36.